The summed E-state index contributed by atoms with van der Waals surface area (Å²) in [7, 11) is 0. The van der Waals surface area contributed by atoms with Crippen LogP contribution in [-0.4, -0.2) is 4.98 Å². The first-order valence-corrected chi connectivity index (χ1v) is 5.91. The van der Waals surface area contributed by atoms with Gasteiger partial charge in [-0.15, -0.1) is 0 Å². The Balaban J connectivity index is 3.04. The van der Waals surface area contributed by atoms with Gasteiger partial charge in [-0.1, -0.05) is 17.7 Å². The summed E-state index contributed by atoms with van der Waals surface area (Å²) in [5.74, 6) is 0. The predicted molar refractivity (Wildman–Crippen MR) is 68.7 cm³/mol. The van der Waals surface area contributed by atoms with E-state index in [9.17, 15) is 0 Å². The molecule has 0 aliphatic heterocycles. The Morgan fingerprint density at radius 1 is 1.20 bits per heavy atom. The van der Waals surface area contributed by atoms with Gasteiger partial charge in [-0.25, -0.2) is 0 Å². The highest BCUT2D eigenvalue weighted by Crippen LogP contribution is 2.33. The molecule has 0 unspecified atom stereocenters. The van der Waals surface area contributed by atoms with Gasteiger partial charge in [0.05, 0.1) is 10.5 Å². The molecule has 1 aromatic heterocycles. The maximum absolute atomic E-state index is 6.35. The normalized spacial score (nSPS) is 11.0. The van der Waals surface area contributed by atoms with Gasteiger partial charge in [-0.05, 0) is 53.9 Å². The molecule has 0 saturated heterocycles. The number of fused-ring (bicyclic) bond motifs is 1. The van der Waals surface area contributed by atoms with E-state index in [4.69, 9.17) is 11.6 Å². The van der Waals surface area contributed by atoms with Crippen LogP contribution in [0.5, 0.6) is 0 Å². The lowest BCUT2D eigenvalue weighted by Gasteiger charge is -2.10. The van der Waals surface area contributed by atoms with Gasteiger partial charge in [-0.3, -0.25) is 4.98 Å². The molecule has 0 aliphatic rings. The molecule has 15 heavy (non-hydrogen) atoms. The Morgan fingerprint density at radius 3 is 2.53 bits per heavy atom. The number of nitrogens with zero attached hydrogens (tertiary/aromatic N) is 1. The predicted octanol–water partition coefficient (Wildman–Crippen LogP) is 4.58. The van der Waals surface area contributed by atoms with E-state index in [0.29, 0.717) is 0 Å². The molecular weight excluding hydrogens is 273 g/mol. The van der Waals surface area contributed by atoms with Gasteiger partial charge in [0.25, 0.3) is 0 Å². The fraction of sp³-hybridized carbons (Fsp3) is 0.250. The lowest BCUT2D eigenvalue weighted by molar-refractivity contribution is 1.19. The molecule has 3 heteroatoms. The van der Waals surface area contributed by atoms with Crippen LogP contribution in [-0.2, 0) is 0 Å². The lowest BCUT2D eigenvalue weighted by Crippen LogP contribution is -1.93. The molecular formula is C12H11BrClN. The lowest BCUT2D eigenvalue weighted by atomic mass is 10.1. The van der Waals surface area contributed by atoms with Crippen molar-refractivity contribution in [2.24, 2.45) is 0 Å². The molecule has 0 bridgehead atoms. The van der Waals surface area contributed by atoms with Crippen LogP contribution in [0.25, 0.3) is 10.9 Å². The summed E-state index contributed by atoms with van der Waals surface area (Å²) in [6.07, 6.45) is 0. The average Bonchev–Trinajstić information content (AvgIpc) is 2.20. The first-order valence-electron chi connectivity index (χ1n) is 4.74. The van der Waals surface area contributed by atoms with E-state index >= 15 is 0 Å². The largest absolute Gasteiger partial charge is 0.252 e. The molecule has 2 aromatic rings. The molecule has 0 amide bonds. The van der Waals surface area contributed by atoms with Crippen molar-refractivity contribution in [3.63, 3.8) is 0 Å². The Kier molecular flexibility index (Phi) is 2.73. The van der Waals surface area contributed by atoms with Crippen LogP contribution in [0.15, 0.2) is 16.6 Å². The Bertz CT molecular complexity index is 549. The maximum atomic E-state index is 6.35. The molecule has 0 aliphatic carbocycles. The molecule has 2 rings (SSSR count). The fourth-order valence-corrected chi connectivity index (χ4v) is 2.45. The van der Waals surface area contributed by atoms with Crippen molar-refractivity contribution in [2.45, 2.75) is 20.8 Å². The van der Waals surface area contributed by atoms with Gasteiger partial charge in [0.2, 0.25) is 0 Å². The summed E-state index contributed by atoms with van der Waals surface area (Å²) in [5.41, 5.74) is 4.15. The van der Waals surface area contributed by atoms with E-state index in [0.717, 1.165) is 37.2 Å². The molecule has 0 spiro atoms. The number of aryl methyl sites for hydroxylation is 2. The summed E-state index contributed by atoms with van der Waals surface area (Å²) in [5, 5.41) is 1.87. The minimum absolute atomic E-state index is 0.816. The van der Waals surface area contributed by atoms with Crippen molar-refractivity contribution in [2.75, 3.05) is 0 Å². The number of aromatic nitrogens is 1. The van der Waals surface area contributed by atoms with Crippen LogP contribution >= 0.6 is 27.5 Å². The van der Waals surface area contributed by atoms with Crippen molar-refractivity contribution in [3.05, 3.63) is 38.4 Å². The van der Waals surface area contributed by atoms with Crippen molar-refractivity contribution in [1.82, 2.24) is 4.98 Å². The first-order chi connectivity index (χ1) is 7.02. The number of pyridine rings is 1. The van der Waals surface area contributed by atoms with Crippen LogP contribution in [0.4, 0.5) is 0 Å². The van der Waals surface area contributed by atoms with Crippen LogP contribution in [0, 0.1) is 20.8 Å². The first kappa shape index (κ1) is 10.9. The summed E-state index contributed by atoms with van der Waals surface area (Å²) >= 11 is 9.85. The molecule has 1 nitrogen and oxygen atoms in total. The van der Waals surface area contributed by atoms with Gasteiger partial charge < -0.3 is 0 Å². The number of rotatable bonds is 0. The molecule has 0 N–H and O–H groups in total. The zero-order valence-corrected chi connectivity index (χ0v) is 11.2. The van der Waals surface area contributed by atoms with Crippen LogP contribution in [0.1, 0.15) is 16.8 Å². The van der Waals surface area contributed by atoms with Gasteiger partial charge >= 0.3 is 0 Å². The van der Waals surface area contributed by atoms with Gasteiger partial charge in [0.15, 0.2) is 0 Å². The molecule has 1 heterocycles. The minimum atomic E-state index is 0.816. The quantitative estimate of drug-likeness (QED) is 0.690. The third kappa shape index (κ3) is 1.66. The highest BCUT2D eigenvalue weighted by molar-refractivity contribution is 9.10. The third-order valence-electron chi connectivity index (χ3n) is 2.71. The number of halogens is 2. The van der Waals surface area contributed by atoms with Crippen LogP contribution in [0.3, 0.4) is 0 Å². The second-order valence-corrected chi connectivity index (χ2v) is 4.96. The van der Waals surface area contributed by atoms with Gasteiger partial charge in [0.1, 0.15) is 0 Å². The minimum Gasteiger partial charge on any atom is -0.252 e. The third-order valence-corrected chi connectivity index (χ3v) is 3.82. The smallest absolute Gasteiger partial charge is 0.0864 e. The molecule has 0 saturated carbocycles. The fourth-order valence-electron chi connectivity index (χ4n) is 1.65. The van der Waals surface area contributed by atoms with Crippen molar-refractivity contribution < 1.29 is 0 Å². The summed E-state index contributed by atoms with van der Waals surface area (Å²) in [6, 6.07) is 4.06. The van der Waals surface area contributed by atoms with E-state index < -0.39 is 0 Å². The second kappa shape index (κ2) is 3.76. The molecule has 0 fully saturated rings. The average molecular weight is 285 g/mol. The SMILES string of the molecule is Cc1nc2c(Br)ccc(C)c2c(Cl)c1C. The van der Waals surface area contributed by atoms with Crippen molar-refractivity contribution in [3.8, 4) is 0 Å². The van der Waals surface area contributed by atoms with E-state index in [-0.39, 0.29) is 0 Å². The number of hydrogen-bond acceptors (Lipinski definition) is 1. The highest BCUT2D eigenvalue weighted by Gasteiger charge is 2.11. The summed E-state index contributed by atoms with van der Waals surface area (Å²) in [6.45, 7) is 6.04. The Labute approximate surface area is 103 Å². The van der Waals surface area contributed by atoms with E-state index in [2.05, 4.69) is 33.9 Å². The zero-order valence-electron chi connectivity index (χ0n) is 8.86. The van der Waals surface area contributed by atoms with Gasteiger partial charge in [-0.2, -0.15) is 0 Å². The Morgan fingerprint density at radius 2 is 1.87 bits per heavy atom. The summed E-state index contributed by atoms with van der Waals surface area (Å²) in [4.78, 5) is 4.57. The van der Waals surface area contributed by atoms with Crippen molar-refractivity contribution in [1.29, 1.82) is 0 Å². The second-order valence-electron chi connectivity index (χ2n) is 3.72. The van der Waals surface area contributed by atoms with E-state index in [1.54, 1.807) is 0 Å². The van der Waals surface area contributed by atoms with E-state index in [1.165, 1.54) is 0 Å². The van der Waals surface area contributed by atoms with Crippen LogP contribution in [0.2, 0.25) is 5.02 Å². The topological polar surface area (TPSA) is 12.9 Å². The van der Waals surface area contributed by atoms with Crippen LogP contribution < -0.4 is 0 Å². The molecule has 0 atom stereocenters. The number of hydrogen-bond donors (Lipinski definition) is 0. The van der Waals surface area contributed by atoms with Crippen molar-refractivity contribution >= 4 is 38.4 Å². The molecule has 0 radical (unpaired) electrons. The zero-order chi connectivity index (χ0) is 11.2. The number of benzene rings is 1. The standard InChI is InChI=1S/C12H11BrClN/c1-6-4-5-9(13)12-10(6)11(14)7(2)8(3)15-12/h4-5H,1-3H3. The highest BCUT2D eigenvalue weighted by atomic mass is 79.9. The Hall–Kier alpha value is -0.600. The van der Waals surface area contributed by atoms with Gasteiger partial charge in [0, 0.05) is 15.6 Å². The molecule has 1 aromatic carbocycles. The maximum Gasteiger partial charge on any atom is 0.0864 e. The van der Waals surface area contributed by atoms with E-state index in [1.807, 2.05) is 19.9 Å². The molecule has 78 valence electrons. The monoisotopic (exact) mass is 283 g/mol. The summed E-state index contributed by atoms with van der Waals surface area (Å²) < 4.78 is 0.994.